The Labute approximate surface area is 216 Å². The number of methoxy groups -OCH3 is 1. The number of ether oxygens (including phenoxy) is 1. The maximum Gasteiger partial charge on any atom is 0.243 e. The highest BCUT2D eigenvalue weighted by Gasteiger charge is 2.27. The van der Waals surface area contributed by atoms with Crippen molar-refractivity contribution < 1.29 is 13.2 Å². The summed E-state index contributed by atoms with van der Waals surface area (Å²) in [5, 5.41) is 2.09. The van der Waals surface area contributed by atoms with E-state index < -0.39 is 10.0 Å². The molecule has 0 atom stereocenters. The predicted octanol–water partition coefficient (Wildman–Crippen LogP) is 5.48. The van der Waals surface area contributed by atoms with Gasteiger partial charge in [0.2, 0.25) is 10.0 Å². The van der Waals surface area contributed by atoms with E-state index in [1.54, 1.807) is 34.9 Å². The second kappa shape index (κ2) is 10.8. The molecule has 3 aromatic carbocycles. The molecule has 6 nitrogen and oxygen atoms in total. The molecule has 1 aliphatic rings. The van der Waals surface area contributed by atoms with Gasteiger partial charge in [0.15, 0.2) is 4.80 Å². The molecule has 4 aromatic rings. The van der Waals surface area contributed by atoms with Crippen LogP contribution in [0.3, 0.4) is 0 Å². The Morgan fingerprint density at radius 2 is 1.61 bits per heavy atom. The number of benzene rings is 3. The Morgan fingerprint density at radius 1 is 0.917 bits per heavy atom. The van der Waals surface area contributed by atoms with E-state index in [9.17, 15) is 8.42 Å². The lowest BCUT2D eigenvalue weighted by Crippen LogP contribution is -2.27. The van der Waals surface area contributed by atoms with Crippen LogP contribution in [0.15, 0.2) is 94.1 Å². The smallest absolute Gasteiger partial charge is 0.243 e. The summed E-state index contributed by atoms with van der Waals surface area (Å²) in [7, 11) is -1.79. The van der Waals surface area contributed by atoms with E-state index >= 15 is 0 Å². The zero-order valence-corrected chi connectivity index (χ0v) is 21.8. The second-order valence-corrected chi connectivity index (χ2v) is 11.5. The van der Waals surface area contributed by atoms with Crippen LogP contribution in [-0.4, -0.2) is 37.5 Å². The summed E-state index contributed by atoms with van der Waals surface area (Å²) >= 11 is 1.58. The number of hydrogen-bond donors (Lipinski definition) is 0. The second-order valence-electron chi connectivity index (χ2n) is 8.74. The van der Waals surface area contributed by atoms with Crippen LogP contribution >= 0.6 is 11.3 Å². The lowest BCUT2D eigenvalue weighted by molar-refractivity contribution is 0.415. The molecule has 0 aliphatic carbocycles. The molecule has 36 heavy (non-hydrogen) atoms. The van der Waals surface area contributed by atoms with Crippen molar-refractivity contribution >= 4 is 27.0 Å². The third kappa shape index (κ3) is 5.31. The summed E-state index contributed by atoms with van der Waals surface area (Å²) in [5.74, 6) is 0.793. The SMILES string of the molecule is COc1ccc(N=c2scc(-c3ccc(S(=O)(=O)N4CCCC4)cc3)n2CCc2ccccc2)cc1. The topological polar surface area (TPSA) is 63.9 Å². The van der Waals surface area contributed by atoms with Crippen LogP contribution in [0, 0.1) is 0 Å². The standard InChI is InChI=1S/C28H29N3O3S2/c1-34-25-13-11-24(12-14-25)29-28-31(20-17-22-7-3-2-4-8-22)27(21-35-28)23-9-15-26(16-10-23)36(32,33)30-18-5-6-19-30/h2-4,7-16,21H,5-6,17-20H2,1H3. The summed E-state index contributed by atoms with van der Waals surface area (Å²) in [6.07, 6.45) is 2.71. The van der Waals surface area contributed by atoms with Crippen molar-refractivity contribution in [2.24, 2.45) is 4.99 Å². The van der Waals surface area contributed by atoms with Crippen LogP contribution in [0.25, 0.3) is 11.3 Å². The van der Waals surface area contributed by atoms with Crippen LogP contribution in [0.4, 0.5) is 5.69 Å². The van der Waals surface area contributed by atoms with Gasteiger partial charge < -0.3 is 9.30 Å². The molecule has 0 radical (unpaired) electrons. The van der Waals surface area contributed by atoms with E-state index in [0.29, 0.717) is 18.0 Å². The third-order valence-electron chi connectivity index (χ3n) is 6.41. The van der Waals surface area contributed by atoms with Gasteiger partial charge in [0.1, 0.15) is 5.75 Å². The minimum atomic E-state index is -3.43. The number of hydrogen-bond acceptors (Lipinski definition) is 5. The largest absolute Gasteiger partial charge is 0.497 e. The summed E-state index contributed by atoms with van der Waals surface area (Å²) in [4.78, 5) is 6.15. The molecule has 1 aromatic heterocycles. The average Bonchev–Trinajstić information content (AvgIpc) is 3.60. The van der Waals surface area contributed by atoms with Gasteiger partial charge in [-0.1, -0.05) is 42.5 Å². The monoisotopic (exact) mass is 519 g/mol. The Bertz CT molecular complexity index is 1470. The van der Waals surface area contributed by atoms with Crippen molar-refractivity contribution in [1.82, 2.24) is 8.87 Å². The molecule has 5 rings (SSSR count). The number of rotatable bonds is 8. The van der Waals surface area contributed by atoms with Gasteiger partial charge >= 0.3 is 0 Å². The lowest BCUT2D eigenvalue weighted by atomic mass is 10.1. The van der Waals surface area contributed by atoms with E-state index in [2.05, 4.69) is 34.2 Å². The minimum absolute atomic E-state index is 0.349. The van der Waals surface area contributed by atoms with Crippen molar-refractivity contribution in [3.63, 3.8) is 0 Å². The first-order valence-corrected chi connectivity index (χ1v) is 14.4. The van der Waals surface area contributed by atoms with E-state index in [4.69, 9.17) is 9.73 Å². The Morgan fingerprint density at radius 3 is 2.28 bits per heavy atom. The Hall–Kier alpha value is -3.20. The van der Waals surface area contributed by atoms with Crippen molar-refractivity contribution in [3.05, 3.63) is 94.6 Å². The van der Waals surface area contributed by atoms with Gasteiger partial charge in [-0.25, -0.2) is 13.4 Å². The maximum absolute atomic E-state index is 13.0. The maximum atomic E-state index is 13.0. The quantitative estimate of drug-likeness (QED) is 0.309. The predicted molar refractivity (Wildman–Crippen MR) is 144 cm³/mol. The van der Waals surface area contributed by atoms with Crippen molar-refractivity contribution in [2.45, 2.75) is 30.7 Å². The van der Waals surface area contributed by atoms with Gasteiger partial charge in [-0.05, 0) is 66.8 Å². The molecule has 186 valence electrons. The van der Waals surface area contributed by atoms with Crippen molar-refractivity contribution in [2.75, 3.05) is 20.2 Å². The van der Waals surface area contributed by atoms with Crippen LogP contribution < -0.4 is 9.54 Å². The lowest BCUT2D eigenvalue weighted by Gasteiger charge is -2.16. The van der Waals surface area contributed by atoms with Crippen LogP contribution in [0.5, 0.6) is 5.75 Å². The molecule has 1 saturated heterocycles. The number of aromatic nitrogens is 1. The van der Waals surface area contributed by atoms with E-state index in [0.717, 1.165) is 53.3 Å². The minimum Gasteiger partial charge on any atom is -0.497 e. The molecule has 2 heterocycles. The first-order valence-electron chi connectivity index (χ1n) is 12.1. The van der Waals surface area contributed by atoms with Crippen LogP contribution in [-0.2, 0) is 23.0 Å². The zero-order chi connectivity index (χ0) is 25.0. The Kier molecular flexibility index (Phi) is 7.36. The van der Waals surface area contributed by atoms with Gasteiger partial charge in [0.05, 0.1) is 23.4 Å². The molecule has 8 heteroatoms. The number of thiazole rings is 1. The summed E-state index contributed by atoms with van der Waals surface area (Å²) in [6, 6.07) is 25.3. The number of sulfonamides is 1. The van der Waals surface area contributed by atoms with Gasteiger partial charge in [0, 0.05) is 25.0 Å². The first kappa shape index (κ1) is 24.5. The molecular formula is C28H29N3O3S2. The number of nitrogens with zero attached hydrogens (tertiary/aromatic N) is 3. The Balaban J connectivity index is 1.49. The van der Waals surface area contributed by atoms with Gasteiger partial charge in [-0.3, -0.25) is 0 Å². The first-order chi connectivity index (χ1) is 17.5. The van der Waals surface area contributed by atoms with E-state index in [1.807, 2.05) is 42.5 Å². The molecule has 0 amide bonds. The highest BCUT2D eigenvalue weighted by Crippen LogP contribution is 2.26. The molecule has 1 fully saturated rings. The fourth-order valence-electron chi connectivity index (χ4n) is 4.39. The molecule has 0 bridgehead atoms. The molecule has 0 spiro atoms. The van der Waals surface area contributed by atoms with E-state index in [1.165, 1.54) is 5.56 Å². The van der Waals surface area contributed by atoms with Gasteiger partial charge in [-0.2, -0.15) is 4.31 Å². The fourth-order valence-corrected chi connectivity index (χ4v) is 6.87. The zero-order valence-electron chi connectivity index (χ0n) is 20.2. The highest BCUT2D eigenvalue weighted by atomic mass is 32.2. The number of aryl methyl sites for hydroxylation is 1. The highest BCUT2D eigenvalue weighted by molar-refractivity contribution is 7.89. The van der Waals surface area contributed by atoms with Crippen LogP contribution in [0.1, 0.15) is 18.4 Å². The average molecular weight is 520 g/mol. The molecular weight excluding hydrogens is 490 g/mol. The summed E-state index contributed by atoms with van der Waals surface area (Å²) in [5.41, 5.74) is 4.10. The van der Waals surface area contributed by atoms with Gasteiger partial charge in [-0.15, -0.1) is 11.3 Å². The molecule has 0 saturated carbocycles. The molecule has 0 N–H and O–H groups in total. The van der Waals surface area contributed by atoms with Gasteiger partial charge in [0.25, 0.3) is 0 Å². The van der Waals surface area contributed by atoms with E-state index in [-0.39, 0.29) is 0 Å². The van der Waals surface area contributed by atoms with Crippen molar-refractivity contribution in [3.8, 4) is 17.0 Å². The van der Waals surface area contributed by atoms with Crippen molar-refractivity contribution in [1.29, 1.82) is 0 Å². The summed E-state index contributed by atoms with van der Waals surface area (Å²) < 4.78 is 35.0. The normalized spacial score (nSPS) is 14.9. The fraction of sp³-hybridized carbons (Fsp3) is 0.250. The third-order valence-corrected chi connectivity index (χ3v) is 9.19. The summed E-state index contributed by atoms with van der Waals surface area (Å²) in [6.45, 7) is 1.96. The molecule has 1 aliphatic heterocycles. The molecule has 0 unspecified atom stereocenters. The van der Waals surface area contributed by atoms with Crippen LogP contribution in [0.2, 0.25) is 0 Å².